The van der Waals surface area contributed by atoms with Gasteiger partial charge in [-0.15, -0.1) is 0 Å². The summed E-state index contributed by atoms with van der Waals surface area (Å²) in [6, 6.07) is 4.74. The maximum atomic E-state index is 13.0. The van der Waals surface area contributed by atoms with Crippen molar-refractivity contribution in [2.45, 2.75) is 38.0 Å². The molecule has 0 spiro atoms. The van der Waals surface area contributed by atoms with Gasteiger partial charge in [-0.25, -0.2) is 13.4 Å². The number of nitrogens with zero attached hydrogens (tertiary/aromatic N) is 3. The van der Waals surface area contributed by atoms with Crippen molar-refractivity contribution in [1.29, 1.82) is 0 Å². The van der Waals surface area contributed by atoms with Crippen LogP contribution in [-0.2, 0) is 14.8 Å². The molecule has 2 aromatic rings. The van der Waals surface area contributed by atoms with Crippen LogP contribution in [0.3, 0.4) is 0 Å². The molecule has 0 saturated carbocycles. The molecule has 0 unspecified atom stereocenters. The van der Waals surface area contributed by atoms with Crippen molar-refractivity contribution in [2.24, 2.45) is 0 Å². The molecule has 1 fully saturated rings. The van der Waals surface area contributed by atoms with Gasteiger partial charge in [-0.1, -0.05) is 6.92 Å². The highest BCUT2D eigenvalue weighted by atomic mass is 32.2. The number of sulfonamides is 1. The average Bonchev–Trinajstić information content (AvgIpc) is 2.78. The van der Waals surface area contributed by atoms with Crippen molar-refractivity contribution in [2.75, 3.05) is 26.2 Å². The van der Waals surface area contributed by atoms with E-state index >= 15 is 0 Å². The van der Waals surface area contributed by atoms with Gasteiger partial charge in [0, 0.05) is 45.6 Å². The Balaban J connectivity index is 1.80. The van der Waals surface area contributed by atoms with E-state index in [2.05, 4.69) is 4.98 Å². The van der Waals surface area contributed by atoms with Crippen LogP contribution in [0.25, 0.3) is 11.1 Å². The van der Waals surface area contributed by atoms with Gasteiger partial charge in [-0.3, -0.25) is 4.79 Å². The molecule has 2 heterocycles. The molecule has 0 bridgehead atoms. The third-order valence-electron chi connectivity index (χ3n) is 4.38. The number of carbonyl (C=O) groups is 1. The van der Waals surface area contributed by atoms with E-state index in [1.165, 1.54) is 10.4 Å². The zero-order valence-electron chi connectivity index (χ0n) is 14.6. The van der Waals surface area contributed by atoms with Crippen LogP contribution in [0.5, 0.6) is 0 Å². The van der Waals surface area contributed by atoms with Crippen molar-refractivity contribution in [3.8, 4) is 0 Å². The Kier molecular flexibility index (Phi) is 5.10. The molecule has 8 heteroatoms. The second-order valence-electron chi connectivity index (χ2n) is 6.25. The van der Waals surface area contributed by atoms with Crippen LogP contribution in [0.15, 0.2) is 27.5 Å². The average molecular weight is 365 g/mol. The highest BCUT2D eigenvalue weighted by molar-refractivity contribution is 7.89. The fourth-order valence-electron chi connectivity index (χ4n) is 3.09. The van der Waals surface area contributed by atoms with Crippen LogP contribution in [0, 0.1) is 6.92 Å². The number of rotatable bonds is 4. The molecule has 0 atom stereocenters. The molecule has 1 saturated heterocycles. The SMILES string of the molecule is CCCC(=O)N1CCCN(S(=O)(=O)c2ccc3nc(C)oc3c2)CC1. The Bertz CT molecular complexity index is 875. The summed E-state index contributed by atoms with van der Waals surface area (Å²) in [7, 11) is -3.62. The predicted molar refractivity (Wildman–Crippen MR) is 93.6 cm³/mol. The minimum atomic E-state index is -3.62. The lowest BCUT2D eigenvalue weighted by Gasteiger charge is -2.22. The van der Waals surface area contributed by atoms with E-state index in [-0.39, 0.29) is 10.8 Å². The first kappa shape index (κ1) is 17.9. The van der Waals surface area contributed by atoms with Crippen molar-refractivity contribution >= 4 is 27.0 Å². The van der Waals surface area contributed by atoms with Crippen LogP contribution in [0.1, 0.15) is 32.1 Å². The van der Waals surface area contributed by atoms with Crippen LogP contribution in [0.2, 0.25) is 0 Å². The quantitative estimate of drug-likeness (QED) is 0.829. The van der Waals surface area contributed by atoms with E-state index in [9.17, 15) is 13.2 Å². The van der Waals surface area contributed by atoms with Crippen molar-refractivity contribution in [1.82, 2.24) is 14.2 Å². The summed E-state index contributed by atoms with van der Waals surface area (Å²) in [5.41, 5.74) is 1.11. The minimum absolute atomic E-state index is 0.0975. The minimum Gasteiger partial charge on any atom is -0.441 e. The summed E-state index contributed by atoms with van der Waals surface area (Å²) in [5.74, 6) is 0.602. The number of aryl methyl sites for hydroxylation is 1. The first-order valence-corrected chi connectivity index (χ1v) is 10.0. The molecule has 1 amide bonds. The Morgan fingerprint density at radius 1 is 1.24 bits per heavy atom. The molecule has 0 radical (unpaired) electrons. The topological polar surface area (TPSA) is 83.7 Å². The molecule has 7 nitrogen and oxygen atoms in total. The van der Waals surface area contributed by atoms with E-state index in [1.807, 2.05) is 6.92 Å². The second kappa shape index (κ2) is 7.13. The highest BCUT2D eigenvalue weighted by Gasteiger charge is 2.28. The molecule has 1 aliphatic heterocycles. The number of amides is 1. The van der Waals surface area contributed by atoms with Gasteiger partial charge in [0.2, 0.25) is 15.9 Å². The van der Waals surface area contributed by atoms with E-state index in [0.29, 0.717) is 56.0 Å². The van der Waals surface area contributed by atoms with E-state index in [0.717, 1.165) is 6.42 Å². The third-order valence-corrected chi connectivity index (χ3v) is 6.27. The zero-order chi connectivity index (χ0) is 18.0. The number of oxazole rings is 1. The molecule has 0 N–H and O–H groups in total. The molecule has 25 heavy (non-hydrogen) atoms. The maximum absolute atomic E-state index is 13.0. The van der Waals surface area contributed by atoms with Gasteiger partial charge in [0.25, 0.3) is 0 Å². The predicted octanol–water partition coefficient (Wildman–Crippen LogP) is 2.16. The summed E-state index contributed by atoms with van der Waals surface area (Å²) >= 11 is 0. The number of fused-ring (bicyclic) bond motifs is 1. The maximum Gasteiger partial charge on any atom is 0.243 e. The van der Waals surface area contributed by atoms with Gasteiger partial charge in [0.05, 0.1) is 4.90 Å². The fourth-order valence-corrected chi connectivity index (χ4v) is 4.57. The van der Waals surface area contributed by atoms with Crippen LogP contribution >= 0.6 is 0 Å². The van der Waals surface area contributed by atoms with E-state index in [4.69, 9.17) is 4.42 Å². The molecular formula is C17H23N3O4S. The Morgan fingerprint density at radius 3 is 2.80 bits per heavy atom. The van der Waals surface area contributed by atoms with Crippen molar-refractivity contribution < 1.29 is 17.6 Å². The number of aromatic nitrogens is 1. The normalized spacial score (nSPS) is 17.0. The lowest BCUT2D eigenvalue weighted by molar-refractivity contribution is -0.131. The lowest BCUT2D eigenvalue weighted by atomic mass is 10.3. The van der Waals surface area contributed by atoms with Gasteiger partial charge in [-0.2, -0.15) is 4.31 Å². The molecule has 136 valence electrons. The molecule has 1 aliphatic rings. The highest BCUT2D eigenvalue weighted by Crippen LogP contribution is 2.23. The zero-order valence-corrected chi connectivity index (χ0v) is 15.4. The molecule has 0 aliphatic carbocycles. The second-order valence-corrected chi connectivity index (χ2v) is 8.19. The smallest absolute Gasteiger partial charge is 0.243 e. The van der Waals surface area contributed by atoms with Crippen LogP contribution in [0.4, 0.5) is 0 Å². The lowest BCUT2D eigenvalue weighted by Crippen LogP contribution is -2.37. The van der Waals surface area contributed by atoms with Gasteiger partial charge in [0.1, 0.15) is 5.52 Å². The Morgan fingerprint density at radius 2 is 2.04 bits per heavy atom. The Hall–Kier alpha value is -1.93. The van der Waals surface area contributed by atoms with E-state index < -0.39 is 10.0 Å². The number of hydrogen-bond acceptors (Lipinski definition) is 5. The van der Waals surface area contributed by atoms with Crippen LogP contribution < -0.4 is 0 Å². The first-order chi connectivity index (χ1) is 11.9. The largest absolute Gasteiger partial charge is 0.441 e. The summed E-state index contributed by atoms with van der Waals surface area (Å²) in [4.78, 5) is 18.2. The number of benzene rings is 1. The summed E-state index contributed by atoms with van der Waals surface area (Å²) in [6.07, 6.45) is 1.95. The van der Waals surface area contributed by atoms with Crippen molar-refractivity contribution in [3.63, 3.8) is 0 Å². The van der Waals surface area contributed by atoms with Crippen LogP contribution in [-0.4, -0.2) is 54.7 Å². The monoisotopic (exact) mass is 365 g/mol. The van der Waals surface area contributed by atoms with Gasteiger partial charge < -0.3 is 9.32 Å². The molecular weight excluding hydrogens is 342 g/mol. The molecule has 1 aromatic carbocycles. The summed E-state index contributed by atoms with van der Waals surface area (Å²) in [6.45, 7) is 5.45. The van der Waals surface area contributed by atoms with Gasteiger partial charge >= 0.3 is 0 Å². The standard InChI is InChI=1S/C17H23N3O4S/c1-3-5-17(21)19-8-4-9-20(11-10-19)25(22,23)14-6-7-15-16(12-14)24-13(2)18-15/h6-7,12H,3-5,8-11H2,1-2H3. The molecule has 1 aromatic heterocycles. The van der Waals surface area contributed by atoms with Gasteiger partial charge in [-0.05, 0) is 25.0 Å². The molecule has 3 rings (SSSR count). The van der Waals surface area contributed by atoms with E-state index in [1.54, 1.807) is 24.0 Å². The first-order valence-electron chi connectivity index (χ1n) is 8.57. The van der Waals surface area contributed by atoms with Gasteiger partial charge in [0.15, 0.2) is 11.5 Å². The summed E-state index contributed by atoms with van der Waals surface area (Å²) < 4.78 is 32.8. The fraction of sp³-hybridized carbons (Fsp3) is 0.529. The summed E-state index contributed by atoms with van der Waals surface area (Å²) in [5, 5.41) is 0. The number of hydrogen-bond donors (Lipinski definition) is 0. The Labute approximate surface area is 147 Å². The third kappa shape index (κ3) is 3.69. The number of carbonyl (C=O) groups excluding carboxylic acids is 1. The van der Waals surface area contributed by atoms with Crippen molar-refractivity contribution in [3.05, 3.63) is 24.1 Å².